The third-order valence-corrected chi connectivity index (χ3v) is 3.00. The fourth-order valence-electron chi connectivity index (χ4n) is 1.84. The van der Waals surface area contributed by atoms with Gasteiger partial charge in [0.1, 0.15) is 5.75 Å². The lowest BCUT2D eigenvalue weighted by molar-refractivity contribution is 0.173. The molecule has 5 heteroatoms. The first-order valence-corrected chi connectivity index (χ1v) is 6.95. The van der Waals surface area contributed by atoms with Crippen molar-refractivity contribution in [3.63, 3.8) is 0 Å². The maximum absolute atomic E-state index is 9.71. The first kappa shape index (κ1) is 14.5. The van der Waals surface area contributed by atoms with Gasteiger partial charge in [-0.1, -0.05) is 31.1 Å². The molecular weight excluding hydrogens is 256 g/mol. The Morgan fingerprint density at radius 1 is 1.25 bits per heavy atom. The van der Waals surface area contributed by atoms with Gasteiger partial charge in [-0.05, 0) is 30.5 Å². The van der Waals surface area contributed by atoms with Gasteiger partial charge in [0.05, 0.1) is 6.10 Å². The zero-order valence-corrected chi connectivity index (χ0v) is 11.9. The average molecular weight is 276 g/mol. The van der Waals surface area contributed by atoms with Gasteiger partial charge in [-0.2, -0.15) is 4.98 Å². The zero-order valence-electron chi connectivity index (χ0n) is 11.9. The fourth-order valence-corrected chi connectivity index (χ4v) is 1.84. The number of aromatic nitrogens is 2. The molecule has 0 spiro atoms. The Labute approximate surface area is 118 Å². The van der Waals surface area contributed by atoms with E-state index in [1.54, 1.807) is 0 Å². The zero-order chi connectivity index (χ0) is 14.4. The SMILES string of the molecule is CCCc1noc(COc2ccc([C@H](O)CC)cc2)n1. The van der Waals surface area contributed by atoms with Gasteiger partial charge in [0.15, 0.2) is 12.4 Å². The quantitative estimate of drug-likeness (QED) is 0.841. The number of aliphatic hydroxyl groups excluding tert-OH is 1. The first-order valence-electron chi connectivity index (χ1n) is 6.95. The van der Waals surface area contributed by atoms with E-state index in [1.165, 1.54) is 0 Å². The highest BCUT2D eigenvalue weighted by molar-refractivity contribution is 5.28. The molecule has 0 unspecified atom stereocenters. The molecule has 1 atom stereocenters. The molecule has 0 aliphatic heterocycles. The highest BCUT2D eigenvalue weighted by Gasteiger charge is 2.07. The molecule has 1 aromatic carbocycles. The van der Waals surface area contributed by atoms with Crippen molar-refractivity contribution < 1.29 is 14.4 Å². The summed E-state index contributed by atoms with van der Waals surface area (Å²) in [4.78, 5) is 4.23. The second-order valence-corrected chi connectivity index (χ2v) is 4.64. The fraction of sp³-hybridized carbons (Fsp3) is 0.467. The Kier molecular flexibility index (Phi) is 5.12. The minimum atomic E-state index is -0.420. The van der Waals surface area contributed by atoms with E-state index in [-0.39, 0.29) is 6.61 Å². The topological polar surface area (TPSA) is 68.4 Å². The van der Waals surface area contributed by atoms with Gasteiger partial charge >= 0.3 is 0 Å². The monoisotopic (exact) mass is 276 g/mol. The smallest absolute Gasteiger partial charge is 0.264 e. The van der Waals surface area contributed by atoms with Gasteiger partial charge in [0, 0.05) is 6.42 Å². The lowest BCUT2D eigenvalue weighted by atomic mass is 10.1. The summed E-state index contributed by atoms with van der Waals surface area (Å²) in [5.74, 6) is 1.91. The van der Waals surface area contributed by atoms with E-state index >= 15 is 0 Å². The molecule has 0 saturated heterocycles. The summed E-state index contributed by atoms with van der Waals surface area (Å²) in [5.41, 5.74) is 0.892. The van der Waals surface area contributed by atoms with Crippen LogP contribution < -0.4 is 4.74 Å². The van der Waals surface area contributed by atoms with Crippen LogP contribution in [0.2, 0.25) is 0 Å². The number of aryl methyl sites for hydroxylation is 1. The molecular formula is C15H20N2O3. The van der Waals surface area contributed by atoms with Crippen LogP contribution in [0.4, 0.5) is 0 Å². The van der Waals surface area contributed by atoms with Crippen LogP contribution >= 0.6 is 0 Å². The maximum Gasteiger partial charge on any atom is 0.264 e. The third-order valence-electron chi connectivity index (χ3n) is 3.00. The van der Waals surface area contributed by atoms with E-state index in [1.807, 2.05) is 31.2 Å². The van der Waals surface area contributed by atoms with Crippen molar-refractivity contribution in [3.8, 4) is 5.75 Å². The molecule has 1 heterocycles. The maximum atomic E-state index is 9.71. The number of rotatable bonds is 7. The van der Waals surface area contributed by atoms with E-state index in [2.05, 4.69) is 17.1 Å². The molecule has 0 fully saturated rings. The van der Waals surface area contributed by atoms with Gasteiger partial charge in [0.25, 0.3) is 5.89 Å². The predicted molar refractivity (Wildman–Crippen MR) is 74.3 cm³/mol. The second-order valence-electron chi connectivity index (χ2n) is 4.64. The molecule has 0 aliphatic carbocycles. The van der Waals surface area contributed by atoms with E-state index in [0.717, 1.165) is 18.4 Å². The number of hydrogen-bond acceptors (Lipinski definition) is 5. The van der Waals surface area contributed by atoms with Crippen LogP contribution in [0.5, 0.6) is 5.75 Å². The van der Waals surface area contributed by atoms with Crippen LogP contribution in [0.3, 0.4) is 0 Å². The Morgan fingerprint density at radius 3 is 2.65 bits per heavy atom. The van der Waals surface area contributed by atoms with Gasteiger partial charge in [-0.25, -0.2) is 0 Å². The van der Waals surface area contributed by atoms with Crippen LogP contribution in [-0.2, 0) is 13.0 Å². The van der Waals surface area contributed by atoms with E-state index < -0.39 is 6.10 Å². The third kappa shape index (κ3) is 3.81. The number of nitrogens with zero attached hydrogens (tertiary/aromatic N) is 2. The lowest BCUT2D eigenvalue weighted by Gasteiger charge is -2.09. The molecule has 0 amide bonds. The molecule has 2 aromatic rings. The molecule has 5 nitrogen and oxygen atoms in total. The molecule has 0 saturated carbocycles. The average Bonchev–Trinajstić information content (AvgIpc) is 2.93. The van der Waals surface area contributed by atoms with Crippen molar-refractivity contribution in [1.82, 2.24) is 10.1 Å². The van der Waals surface area contributed by atoms with Crippen LogP contribution in [0.1, 0.15) is 50.1 Å². The summed E-state index contributed by atoms with van der Waals surface area (Å²) in [6.45, 7) is 4.27. The summed E-state index contributed by atoms with van der Waals surface area (Å²) < 4.78 is 10.7. The molecule has 0 radical (unpaired) electrons. The molecule has 1 aromatic heterocycles. The Balaban J connectivity index is 1.89. The lowest BCUT2D eigenvalue weighted by Crippen LogP contribution is -1.98. The molecule has 0 bridgehead atoms. The van der Waals surface area contributed by atoms with Crippen molar-refractivity contribution in [2.45, 2.75) is 45.8 Å². The van der Waals surface area contributed by atoms with Crippen molar-refractivity contribution in [2.75, 3.05) is 0 Å². The largest absolute Gasteiger partial charge is 0.484 e. The Bertz CT molecular complexity index is 522. The summed E-state index contributed by atoms with van der Waals surface area (Å²) >= 11 is 0. The molecule has 20 heavy (non-hydrogen) atoms. The predicted octanol–water partition coefficient (Wildman–Crippen LogP) is 3.04. The number of benzene rings is 1. The second kappa shape index (κ2) is 7.05. The van der Waals surface area contributed by atoms with Crippen molar-refractivity contribution in [3.05, 3.63) is 41.5 Å². The van der Waals surface area contributed by atoms with Crippen LogP contribution in [-0.4, -0.2) is 15.2 Å². The molecule has 0 aliphatic rings. The summed E-state index contributed by atoms with van der Waals surface area (Å²) in [6, 6.07) is 7.38. The Morgan fingerprint density at radius 2 is 2.00 bits per heavy atom. The highest BCUT2D eigenvalue weighted by atomic mass is 16.5. The summed E-state index contributed by atoms with van der Waals surface area (Å²) in [5, 5.41) is 13.6. The van der Waals surface area contributed by atoms with Gasteiger partial charge < -0.3 is 14.4 Å². The van der Waals surface area contributed by atoms with E-state index in [0.29, 0.717) is 23.9 Å². The van der Waals surface area contributed by atoms with Gasteiger partial charge in [-0.15, -0.1) is 0 Å². The van der Waals surface area contributed by atoms with E-state index in [4.69, 9.17) is 9.26 Å². The standard InChI is InChI=1S/C15H20N2O3/c1-3-5-14-16-15(20-17-14)10-19-12-8-6-11(7-9-12)13(18)4-2/h6-9,13,18H,3-5,10H2,1-2H3/t13-/m1/s1. The molecule has 1 N–H and O–H groups in total. The molecule has 108 valence electrons. The minimum Gasteiger partial charge on any atom is -0.484 e. The normalized spacial score (nSPS) is 12.3. The van der Waals surface area contributed by atoms with Crippen molar-refractivity contribution in [2.24, 2.45) is 0 Å². The van der Waals surface area contributed by atoms with E-state index in [9.17, 15) is 5.11 Å². The highest BCUT2D eigenvalue weighted by Crippen LogP contribution is 2.20. The number of ether oxygens (including phenoxy) is 1. The molecule has 2 rings (SSSR count). The summed E-state index contributed by atoms with van der Waals surface area (Å²) in [7, 11) is 0. The summed E-state index contributed by atoms with van der Waals surface area (Å²) in [6.07, 6.45) is 2.08. The minimum absolute atomic E-state index is 0.256. The van der Waals surface area contributed by atoms with Gasteiger partial charge in [0.2, 0.25) is 0 Å². The first-order chi connectivity index (χ1) is 9.72. The van der Waals surface area contributed by atoms with Crippen LogP contribution in [0.15, 0.2) is 28.8 Å². The van der Waals surface area contributed by atoms with Crippen LogP contribution in [0.25, 0.3) is 0 Å². The Hall–Kier alpha value is -1.88. The van der Waals surface area contributed by atoms with Crippen molar-refractivity contribution in [1.29, 1.82) is 0 Å². The van der Waals surface area contributed by atoms with Crippen LogP contribution in [0, 0.1) is 0 Å². The van der Waals surface area contributed by atoms with Gasteiger partial charge in [-0.3, -0.25) is 0 Å². The number of aliphatic hydroxyl groups is 1. The number of hydrogen-bond donors (Lipinski definition) is 1. The van der Waals surface area contributed by atoms with Crippen molar-refractivity contribution >= 4 is 0 Å².